The van der Waals surface area contributed by atoms with Gasteiger partial charge in [-0.05, 0) is 6.92 Å². The minimum absolute atomic E-state index is 0.0266. The maximum atomic E-state index is 11.3. The zero-order valence-electron chi connectivity index (χ0n) is 8.28. The lowest BCUT2D eigenvalue weighted by Crippen LogP contribution is -2.28. The smallest absolute Gasteiger partial charge is 0.318 e. The number of nitrogens with zero attached hydrogens (tertiary/aromatic N) is 1. The van der Waals surface area contributed by atoms with Gasteiger partial charge in [-0.1, -0.05) is 0 Å². The van der Waals surface area contributed by atoms with Crippen LogP contribution in [0.4, 0.5) is 0 Å². The lowest BCUT2D eigenvalue weighted by atomic mass is 10.1. The Labute approximate surface area is 82.0 Å². The molecule has 0 bridgehead atoms. The lowest BCUT2D eigenvalue weighted by Gasteiger charge is -2.11. The highest BCUT2D eigenvalue weighted by atomic mass is 16.5. The van der Waals surface area contributed by atoms with Gasteiger partial charge in [0.2, 0.25) is 5.91 Å². The summed E-state index contributed by atoms with van der Waals surface area (Å²) < 4.78 is 4.73. The predicted octanol–water partition coefficient (Wildman–Crippen LogP) is -0.403. The van der Waals surface area contributed by atoms with E-state index in [1.165, 1.54) is 11.8 Å². The molecule has 1 unspecified atom stereocenters. The quantitative estimate of drug-likeness (QED) is 0.448. The van der Waals surface area contributed by atoms with Crippen LogP contribution in [0.1, 0.15) is 13.8 Å². The Morgan fingerprint density at radius 3 is 2.64 bits per heavy atom. The third kappa shape index (κ3) is 2.10. The first-order valence-corrected chi connectivity index (χ1v) is 4.51. The van der Waals surface area contributed by atoms with Gasteiger partial charge in [-0.25, -0.2) is 0 Å². The molecule has 1 saturated heterocycles. The van der Waals surface area contributed by atoms with Crippen molar-refractivity contribution >= 4 is 17.7 Å². The van der Waals surface area contributed by atoms with E-state index in [9.17, 15) is 14.4 Å². The molecule has 14 heavy (non-hydrogen) atoms. The largest absolute Gasteiger partial charge is 0.465 e. The van der Waals surface area contributed by atoms with Crippen LogP contribution in [-0.2, 0) is 19.1 Å². The first kappa shape index (κ1) is 10.7. The zero-order valence-corrected chi connectivity index (χ0v) is 8.28. The van der Waals surface area contributed by atoms with Crippen LogP contribution in [0.2, 0.25) is 0 Å². The van der Waals surface area contributed by atoms with E-state index in [1.807, 2.05) is 0 Å². The van der Waals surface area contributed by atoms with Crippen LogP contribution >= 0.6 is 0 Å². The molecule has 0 radical (unpaired) electrons. The fourth-order valence-corrected chi connectivity index (χ4v) is 1.37. The number of carbonyl (C=O) groups is 3. The van der Waals surface area contributed by atoms with Gasteiger partial charge in [-0.3, -0.25) is 14.4 Å². The number of esters is 1. The molecule has 1 aliphatic heterocycles. The summed E-state index contributed by atoms with van der Waals surface area (Å²) in [6.07, 6.45) is 0. The molecule has 1 heterocycles. The number of ether oxygens (including phenoxy) is 1. The molecule has 0 aliphatic carbocycles. The molecule has 1 rings (SSSR count). The number of hydrogen-bond donors (Lipinski definition) is 0. The van der Waals surface area contributed by atoms with Crippen molar-refractivity contribution in [2.45, 2.75) is 13.8 Å². The van der Waals surface area contributed by atoms with Gasteiger partial charge in [0, 0.05) is 13.5 Å². The van der Waals surface area contributed by atoms with Crippen LogP contribution in [0.3, 0.4) is 0 Å². The first-order chi connectivity index (χ1) is 6.56. The van der Waals surface area contributed by atoms with E-state index in [0.717, 1.165) is 0 Å². The maximum absolute atomic E-state index is 11.3. The normalized spacial score (nSPS) is 21.1. The van der Waals surface area contributed by atoms with E-state index in [-0.39, 0.29) is 31.4 Å². The molecular weight excluding hydrogens is 186 g/mol. The minimum atomic E-state index is -0.779. The maximum Gasteiger partial charge on any atom is 0.318 e. The molecule has 5 heteroatoms. The third-order valence-electron chi connectivity index (χ3n) is 2.15. The second-order valence-corrected chi connectivity index (χ2v) is 3.17. The summed E-state index contributed by atoms with van der Waals surface area (Å²) in [7, 11) is 0. The number of amides is 1. The van der Waals surface area contributed by atoms with E-state index in [2.05, 4.69) is 0 Å². The fraction of sp³-hybridized carbons (Fsp3) is 0.667. The van der Waals surface area contributed by atoms with Gasteiger partial charge in [0.25, 0.3) is 0 Å². The van der Waals surface area contributed by atoms with Crippen LogP contribution in [0.5, 0.6) is 0 Å². The molecule has 0 N–H and O–H groups in total. The Morgan fingerprint density at radius 2 is 2.21 bits per heavy atom. The van der Waals surface area contributed by atoms with Gasteiger partial charge in [-0.2, -0.15) is 0 Å². The van der Waals surface area contributed by atoms with Gasteiger partial charge >= 0.3 is 5.97 Å². The van der Waals surface area contributed by atoms with Crippen LogP contribution in [0, 0.1) is 5.92 Å². The highest BCUT2D eigenvalue weighted by Gasteiger charge is 2.38. The standard InChI is InChI=1S/C9H13NO4/c1-3-14-9(13)7-4-10(6(2)11)5-8(7)12/h7H,3-5H2,1-2H3. The topological polar surface area (TPSA) is 63.7 Å². The molecule has 5 nitrogen and oxygen atoms in total. The summed E-state index contributed by atoms with van der Waals surface area (Å²) in [5.74, 6) is -1.73. The number of hydrogen-bond acceptors (Lipinski definition) is 4. The Bertz CT molecular complexity index is 274. The minimum Gasteiger partial charge on any atom is -0.465 e. The van der Waals surface area contributed by atoms with E-state index in [0.29, 0.717) is 0 Å². The summed E-state index contributed by atoms with van der Waals surface area (Å²) in [6.45, 7) is 3.50. The van der Waals surface area contributed by atoms with Crippen molar-refractivity contribution in [2.75, 3.05) is 19.7 Å². The Hall–Kier alpha value is -1.39. The molecule has 1 atom stereocenters. The van der Waals surface area contributed by atoms with Gasteiger partial charge in [0.05, 0.1) is 13.2 Å². The molecule has 0 aromatic carbocycles. The average molecular weight is 199 g/mol. The number of likely N-dealkylation sites (tertiary alicyclic amines) is 1. The molecule has 0 aromatic rings. The fourth-order valence-electron chi connectivity index (χ4n) is 1.37. The van der Waals surface area contributed by atoms with Gasteiger partial charge in [-0.15, -0.1) is 0 Å². The number of Topliss-reactive ketones (excluding diaryl/α,β-unsaturated/α-hetero) is 1. The van der Waals surface area contributed by atoms with Crippen LogP contribution in [0.15, 0.2) is 0 Å². The highest BCUT2D eigenvalue weighted by molar-refractivity contribution is 6.03. The van der Waals surface area contributed by atoms with Crippen molar-refractivity contribution in [3.63, 3.8) is 0 Å². The predicted molar refractivity (Wildman–Crippen MR) is 47.4 cm³/mol. The summed E-state index contributed by atoms with van der Waals surface area (Å²) in [5.41, 5.74) is 0. The SMILES string of the molecule is CCOC(=O)C1CN(C(C)=O)CC1=O. The third-order valence-corrected chi connectivity index (χ3v) is 2.15. The average Bonchev–Trinajstić information content (AvgIpc) is 2.48. The summed E-state index contributed by atoms with van der Waals surface area (Å²) in [6, 6.07) is 0. The molecule has 78 valence electrons. The van der Waals surface area contributed by atoms with E-state index in [4.69, 9.17) is 4.74 Å². The van der Waals surface area contributed by atoms with E-state index >= 15 is 0 Å². The first-order valence-electron chi connectivity index (χ1n) is 4.51. The van der Waals surface area contributed by atoms with Gasteiger partial charge in [0.1, 0.15) is 5.92 Å². The Kier molecular flexibility index (Phi) is 3.22. The molecule has 1 amide bonds. The van der Waals surface area contributed by atoms with Crippen molar-refractivity contribution in [2.24, 2.45) is 5.92 Å². The van der Waals surface area contributed by atoms with Crippen LogP contribution in [-0.4, -0.2) is 42.3 Å². The monoisotopic (exact) mass is 199 g/mol. The van der Waals surface area contributed by atoms with Crippen LogP contribution in [0.25, 0.3) is 0 Å². The van der Waals surface area contributed by atoms with Gasteiger partial charge in [0.15, 0.2) is 5.78 Å². The van der Waals surface area contributed by atoms with Crippen molar-refractivity contribution in [1.82, 2.24) is 4.90 Å². The van der Waals surface area contributed by atoms with Crippen LogP contribution < -0.4 is 0 Å². The second-order valence-electron chi connectivity index (χ2n) is 3.17. The molecule has 1 aliphatic rings. The molecule has 1 fully saturated rings. The molecular formula is C9H13NO4. The summed E-state index contributed by atoms with van der Waals surface area (Å²) >= 11 is 0. The summed E-state index contributed by atoms with van der Waals surface area (Å²) in [5, 5.41) is 0. The zero-order chi connectivity index (χ0) is 10.7. The number of carbonyl (C=O) groups excluding carboxylic acids is 3. The van der Waals surface area contributed by atoms with Crippen molar-refractivity contribution in [3.05, 3.63) is 0 Å². The number of ketones is 1. The highest BCUT2D eigenvalue weighted by Crippen LogP contribution is 2.14. The van der Waals surface area contributed by atoms with E-state index < -0.39 is 11.9 Å². The lowest BCUT2D eigenvalue weighted by molar-refractivity contribution is -0.149. The Balaban J connectivity index is 2.61. The molecule has 0 saturated carbocycles. The van der Waals surface area contributed by atoms with Crippen molar-refractivity contribution in [1.29, 1.82) is 0 Å². The van der Waals surface area contributed by atoms with E-state index in [1.54, 1.807) is 6.92 Å². The van der Waals surface area contributed by atoms with Crippen molar-refractivity contribution in [3.8, 4) is 0 Å². The molecule has 0 aromatic heterocycles. The second kappa shape index (κ2) is 4.21. The van der Waals surface area contributed by atoms with Gasteiger partial charge < -0.3 is 9.64 Å². The molecule has 0 spiro atoms. The summed E-state index contributed by atoms with van der Waals surface area (Å²) in [4.78, 5) is 34.8. The Morgan fingerprint density at radius 1 is 1.57 bits per heavy atom. The van der Waals surface area contributed by atoms with Crippen molar-refractivity contribution < 1.29 is 19.1 Å². The number of rotatable bonds is 2.